The van der Waals surface area contributed by atoms with E-state index in [4.69, 9.17) is 4.74 Å². The summed E-state index contributed by atoms with van der Waals surface area (Å²) < 4.78 is 5.83. The van der Waals surface area contributed by atoms with Gasteiger partial charge in [0.05, 0.1) is 11.2 Å². The molecule has 1 atom stereocenters. The van der Waals surface area contributed by atoms with Gasteiger partial charge in [0, 0.05) is 11.6 Å². The zero-order chi connectivity index (χ0) is 24.9. The smallest absolute Gasteiger partial charge is 0.253 e. The maximum Gasteiger partial charge on any atom is 0.253 e. The van der Waals surface area contributed by atoms with Gasteiger partial charge in [-0.2, -0.15) is 10.4 Å². The maximum atomic E-state index is 12.8. The third-order valence-corrected chi connectivity index (χ3v) is 6.16. The number of rotatable bonds is 6. The van der Waals surface area contributed by atoms with Crippen LogP contribution in [0, 0.1) is 11.3 Å². The molecule has 3 aromatic carbocycles. The minimum absolute atomic E-state index is 0.0174. The van der Waals surface area contributed by atoms with Crippen molar-refractivity contribution in [2.45, 2.75) is 5.50 Å². The van der Waals surface area contributed by atoms with E-state index in [1.54, 1.807) is 54.1 Å². The predicted molar refractivity (Wildman–Crippen MR) is 140 cm³/mol. The third kappa shape index (κ3) is 4.85. The zero-order valence-corrected chi connectivity index (χ0v) is 19.6. The van der Waals surface area contributed by atoms with Crippen LogP contribution in [0.15, 0.2) is 101 Å². The van der Waals surface area contributed by atoms with Crippen molar-refractivity contribution in [1.29, 1.82) is 5.26 Å². The number of pyridine rings is 1. The summed E-state index contributed by atoms with van der Waals surface area (Å²) in [5, 5.41) is 18.4. The number of ether oxygens (including phenoxy) is 1. The molecule has 1 aliphatic rings. The molecule has 2 heterocycles. The summed E-state index contributed by atoms with van der Waals surface area (Å²) in [6, 6.07) is 28.6. The maximum absolute atomic E-state index is 12.8. The van der Waals surface area contributed by atoms with E-state index >= 15 is 0 Å². The van der Waals surface area contributed by atoms with Crippen molar-refractivity contribution in [3.8, 4) is 28.8 Å². The van der Waals surface area contributed by atoms with Crippen LogP contribution in [0.4, 0.5) is 5.82 Å². The van der Waals surface area contributed by atoms with Crippen molar-refractivity contribution in [3.63, 3.8) is 0 Å². The lowest BCUT2D eigenvalue weighted by Crippen LogP contribution is -2.42. The summed E-state index contributed by atoms with van der Waals surface area (Å²) in [6.07, 6.45) is 0. The van der Waals surface area contributed by atoms with Crippen LogP contribution in [0.5, 0.6) is 11.5 Å². The van der Waals surface area contributed by atoms with Gasteiger partial charge in [-0.05, 0) is 54.1 Å². The summed E-state index contributed by atoms with van der Waals surface area (Å²) in [5.41, 5.74) is 2.04. The minimum atomic E-state index is -0.573. The molecular formula is C27H19N5O3S. The normalized spacial score (nSPS) is 14.3. The van der Waals surface area contributed by atoms with Gasteiger partial charge in [0.2, 0.25) is 5.43 Å². The van der Waals surface area contributed by atoms with Crippen molar-refractivity contribution in [3.05, 3.63) is 112 Å². The van der Waals surface area contributed by atoms with E-state index < -0.39 is 10.9 Å². The molecule has 0 saturated carbocycles. The van der Waals surface area contributed by atoms with E-state index in [9.17, 15) is 14.9 Å². The van der Waals surface area contributed by atoms with Gasteiger partial charge in [-0.25, -0.2) is 5.01 Å². The molecule has 2 N–H and O–H groups in total. The number of anilines is 1. The van der Waals surface area contributed by atoms with E-state index in [1.807, 2.05) is 42.5 Å². The van der Waals surface area contributed by atoms with Crippen molar-refractivity contribution in [2.75, 3.05) is 5.01 Å². The Balaban J connectivity index is 1.42. The van der Waals surface area contributed by atoms with Gasteiger partial charge in [-0.15, -0.1) is 0 Å². The van der Waals surface area contributed by atoms with Crippen LogP contribution < -0.4 is 20.5 Å². The third-order valence-electron chi connectivity index (χ3n) is 5.37. The second-order valence-electron chi connectivity index (χ2n) is 7.71. The van der Waals surface area contributed by atoms with Crippen molar-refractivity contribution in [1.82, 2.24) is 10.3 Å². The molecule has 0 radical (unpaired) electrons. The molecule has 5 rings (SSSR count). The van der Waals surface area contributed by atoms with Crippen LogP contribution in [0.1, 0.15) is 15.9 Å². The number of benzene rings is 3. The monoisotopic (exact) mass is 493 g/mol. The Hall–Kier alpha value is -4.81. The Labute approximate surface area is 210 Å². The molecule has 1 aliphatic heterocycles. The van der Waals surface area contributed by atoms with Crippen molar-refractivity contribution < 1.29 is 9.53 Å². The van der Waals surface area contributed by atoms with Gasteiger partial charge in [-0.3, -0.25) is 9.59 Å². The number of aromatic amines is 1. The van der Waals surface area contributed by atoms with E-state index in [-0.39, 0.29) is 11.5 Å². The summed E-state index contributed by atoms with van der Waals surface area (Å²) >= 11 is 1.29. The molecule has 9 heteroatoms. The highest BCUT2D eigenvalue weighted by Crippen LogP contribution is 2.30. The van der Waals surface area contributed by atoms with E-state index in [1.165, 1.54) is 22.8 Å². The van der Waals surface area contributed by atoms with Crippen LogP contribution in [-0.2, 0) is 0 Å². The number of nitrogens with zero attached hydrogens (tertiary/aromatic N) is 3. The fraction of sp³-hybridized carbons (Fsp3) is 0.0370. The minimum Gasteiger partial charge on any atom is -0.457 e. The SMILES string of the molecule is N#Cc1c(-c2ccc(Oc3ccccc3)cc2)[nH]c(N2N=CSC2NC(=O)c2ccccc2)cc1=O. The number of H-pyrrole nitrogens is 1. The van der Waals surface area contributed by atoms with Crippen molar-refractivity contribution >= 4 is 29.0 Å². The molecule has 4 aromatic rings. The Kier molecular flexibility index (Phi) is 6.51. The van der Waals surface area contributed by atoms with Crippen LogP contribution in [0.25, 0.3) is 11.3 Å². The molecular weight excluding hydrogens is 474 g/mol. The average Bonchev–Trinajstić information content (AvgIpc) is 3.38. The fourth-order valence-corrected chi connectivity index (χ4v) is 4.36. The second-order valence-corrected chi connectivity index (χ2v) is 8.64. The van der Waals surface area contributed by atoms with Crippen LogP contribution in [0.3, 0.4) is 0 Å². The van der Waals surface area contributed by atoms with Gasteiger partial charge in [0.1, 0.15) is 28.9 Å². The number of aromatic nitrogens is 1. The van der Waals surface area contributed by atoms with Crippen molar-refractivity contribution in [2.24, 2.45) is 5.10 Å². The van der Waals surface area contributed by atoms with Crippen LogP contribution >= 0.6 is 11.8 Å². The lowest BCUT2D eigenvalue weighted by atomic mass is 10.1. The largest absolute Gasteiger partial charge is 0.457 e. The molecule has 0 saturated heterocycles. The topological polar surface area (TPSA) is 111 Å². The molecule has 0 fully saturated rings. The molecule has 36 heavy (non-hydrogen) atoms. The highest BCUT2D eigenvalue weighted by molar-refractivity contribution is 8.12. The Morgan fingerprint density at radius 2 is 1.67 bits per heavy atom. The number of nitriles is 1. The Morgan fingerprint density at radius 1 is 1.00 bits per heavy atom. The number of para-hydroxylation sites is 1. The Bertz CT molecular complexity index is 1510. The molecule has 0 spiro atoms. The number of carbonyl (C=O) groups excluding carboxylic acids is 1. The summed E-state index contributed by atoms with van der Waals surface area (Å²) in [5.74, 6) is 1.39. The molecule has 1 amide bonds. The first-order valence-corrected chi connectivity index (χ1v) is 11.9. The zero-order valence-electron chi connectivity index (χ0n) is 18.8. The molecule has 0 aliphatic carbocycles. The van der Waals surface area contributed by atoms with Crippen LogP contribution in [0.2, 0.25) is 0 Å². The average molecular weight is 494 g/mol. The summed E-state index contributed by atoms with van der Waals surface area (Å²) in [7, 11) is 0. The quantitative estimate of drug-likeness (QED) is 0.395. The molecule has 176 valence electrons. The van der Waals surface area contributed by atoms with Gasteiger partial charge in [0.15, 0.2) is 5.50 Å². The lowest BCUT2D eigenvalue weighted by molar-refractivity contribution is 0.0949. The van der Waals surface area contributed by atoms with E-state index in [0.29, 0.717) is 34.1 Å². The predicted octanol–water partition coefficient (Wildman–Crippen LogP) is 4.92. The summed E-state index contributed by atoms with van der Waals surface area (Å²) in [4.78, 5) is 28.7. The van der Waals surface area contributed by atoms with Gasteiger partial charge in [-0.1, -0.05) is 48.2 Å². The second kappa shape index (κ2) is 10.2. The van der Waals surface area contributed by atoms with Gasteiger partial charge >= 0.3 is 0 Å². The number of hydrogen-bond acceptors (Lipinski definition) is 7. The van der Waals surface area contributed by atoms with Gasteiger partial charge in [0.25, 0.3) is 5.91 Å². The number of carbonyl (C=O) groups is 1. The standard InChI is InChI=1S/C27H19N5O3S/c28-16-22-23(33)15-24(32-27(36-17-29-32)31-26(34)19-7-3-1-4-8-19)30-25(22)18-11-13-21(14-12-18)35-20-9-5-2-6-10-20/h1-15,17,27H,(H,30,33)(H,31,34). The molecule has 1 unspecified atom stereocenters. The number of hydrazone groups is 1. The highest BCUT2D eigenvalue weighted by atomic mass is 32.2. The lowest BCUT2D eigenvalue weighted by Gasteiger charge is -2.24. The van der Waals surface area contributed by atoms with Gasteiger partial charge < -0.3 is 15.0 Å². The van der Waals surface area contributed by atoms with E-state index in [0.717, 1.165) is 0 Å². The van der Waals surface area contributed by atoms with E-state index in [2.05, 4.69) is 15.4 Å². The first kappa shape index (κ1) is 23.0. The highest BCUT2D eigenvalue weighted by Gasteiger charge is 2.27. The first-order chi connectivity index (χ1) is 17.6. The molecule has 8 nitrogen and oxygen atoms in total. The Morgan fingerprint density at radius 3 is 2.36 bits per heavy atom. The van der Waals surface area contributed by atoms with Crippen LogP contribution in [-0.4, -0.2) is 21.9 Å². The first-order valence-electron chi connectivity index (χ1n) is 11.0. The number of hydrogen-bond donors (Lipinski definition) is 2. The molecule has 1 aromatic heterocycles. The molecule has 0 bridgehead atoms. The summed E-state index contributed by atoms with van der Waals surface area (Å²) in [6.45, 7) is 0. The number of nitrogens with one attached hydrogen (secondary N) is 2. The number of thioether (sulfide) groups is 1. The fourth-order valence-electron chi connectivity index (χ4n) is 3.63. The number of amides is 1.